The fourth-order valence-corrected chi connectivity index (χ4v) is 0.973. The van der Waals surface area contributed by atoms with Gasteiger partial charge in [-0.2, -0.15) is 0 Å². The lowest BCUT2D eigenvalue weighted by Gasteiger charge is -1.89. The van der Waals surface area contributed by atoms with Gasteiger partial charge in [0.2, 0.25) is 0 Å². The van der Waals surface area contributed by atoms with Crippen molar-refractivity contribution < 1.29 is 4.79 Å². The zero-order valence-corrected chi connectivity index (χ0v) is 5.99. The Labute approximate surface area is 55.1 Å². The van der Waals surface area contributed by atoms with Crippen molar-refractivity contribution in [2.45, 2.75) is 20.8 Å². The monoisotopic (exact) mass is 122 g/mol. The van der Waals surface area contributed by atoms with E-state index in [0.717, 1.165) is 16.7 Å². The molecule has 0 fully saturated rings. The Morgan fingerprint density at radius 1 is 1.22 bits per heavy atom. The van der Waals surface area contributed by atoms with Gasteiger partial charge in [0.1, 0.15) is 0 Å². The molecule has 1 rings (SSSR count). The number of rotatable bonds is 0. The van der Waals surface area contributed by atoms with Crippen LogP contribution < -0.4 is 0 Å². The fraction of sp³-hybridized carbons (Fsp3) is 0.375. The van der Waals surface area contributed by atoms with E-state index in [1.165, 1.54) is 0 Å². The van der Waals surface area contributed by atoms with Crippen LogP contribution in [-0.4, -0.2) is 5.78 Å². The number of hydrogen-bond donors (Lipinski definition) is 0. The third-order valence-electron chi connectivity index (χ3n) is 1.72. The van der Waals surface area contributed by atoms with Crippen molar-refractivity contribution in [3.8, 4) is 0 Å². The summed E-state index contributed by atoms with van der Waals surface area (Å²) in [5.74, 6) is 0.201. The molecule has 0 aromatic carbocycles. The number of ketones is 1. The van der Waals surface area contributed by atoms with Crippen molar-refractivity contribution in [2.24, 2.45) is 0 Å². The average Bonchev–Trinajstić information content (AvgIpc) is 1.98. The van der Waals surface area contributed by atoms with E-state index in [2.05, 4.69) is 0 Å². The molecule has 1 aliphatic carbocycles. The highest BCUT2D eigenvalue weighted by molar-refractivity contribution is 6.11. The van der Waals surface area contributed by atoms with Crippen molar-refractivity contribution >= 4 is 5.78 Å². The van der Waals surface area contributed by atoms with Crippen molar-refractivity contribution in [3.63, 3.8) is 0 Å². The maximum atomic E-state index is 11.0. The molecule has 0 heterocycles. The topological polar surface area (TPSA) is 17.1 Å². The molecule has 0 saturated carbocycles. The Kier molecular flexibility index (Phi) is 1.28. The molecule has 1 heteroatoms. The number of carbonyl (C=O) groups excluding carboxylic acids is 1. The molecule has 0 bridgehead atoms. The van der Waals surface area contributed by atoms with E-state index in [0.29, 0.717) is 0 Å². The fourth-order valence-electron chi connectivity index (χ4n) is 0.973. The smallest absolute Gasteiger partial charge is 0.184 e. The predicted molar refractivity (Wildman–Crippen MR) is 37.1 cm³/mol. The summed E-state index contributed by atoms with van der Waals surface area (Å²) < 4.78 is 0. The SMILES string of the molecule is CC1=CC(C)=C(C)C1=O. The van der Waals surface area contributed by atoms with Gasteiger partial charge in [-0.15, -0.1) is 0 Å². The first kappa shape index (κ1) is 6.27. The lowest BCUT2D eigenvalue weighted by molar-refractivity contribution is -0.112. The molecule has 1 nitrogen and oxygen atoms in total. The van der Waals surface area contributed by atoms with Crippen LogP contribution in [0.2, 0.25) is 0 Å². The summed E-state index contributed by atoms with van der Waals surface area (Å²) in [5.41, 5.74) is 2.87. The first-order chi connectivity index (χ1) is 4.13. The van der Waals surface area contributed by atoms with Crippen LogP contribution in [-0.2, 0) is 4.79 Å². The van der Waals surface area contributed by atoms with E-state index < -0.39 is 0 Å². The number of carbonyl (C=O) groups is 1. The molecule has 0 aliphatic heterocycles. The van der Waals surface area contributed by atoms with Gasteiger partial charge in [-0.05, 0) is 37.5 Å². The maximum Gasteiger partial charge on any atom is 0.184 e. The minimum atomic E-state index is 0.201. The Morgan fingerprint density at radius 3 is 1.89 bits per heavy atom. The molecule has 0 aromatic heterocycles. The number of Topliss-reactive ketones (excluding diaryl/α,β-unsaturated/α-hetero) is 1. The highest BCUT2D eigenvalue weighted by Gasteiger charge is 2.14. The molecule has 9 heavy (non-hydrogen) atoms. The Morgan fingerprint density at radius 2 is 1.78 bits per heavy atom. The van der Waals surface area contributed by atoms with Crippen molar-refractivity contribution in [1.82, 2.24) is 0 Å². The third-order valence-corrected chi connectivity index (χ3v) is 1.72. The zero-order valence-electron chi connectivity index (χ0n) is 5.99. The Balaban J connectivity index is 3.06. The van der Waals surface area contributed by atoms with Crippen LogP contribution in [0.3, 0.4) is 0 Å². The first-order valence-corrected chi connectivity index (χ1v) is 3.03. The standard InChI is InChI=1S/C8H10O/c1-5-4-6(2)8(9)7(5)3/h4H,1-3H3. The zero-order chi connectivity index (χ0) is 7.02. The van der Waals surface area contributed by atoms with Crippen LogP contribution in [0.5, 0.6) is 0 Å². The van der Waals surface area contributed by atoms with E-state index >= 15 is 0 Å². The summed E-state index contributed by atoms with van der Waals surface area (Å²) in [6.07, 6.45) is 1.93. The lowest BCUT2D eigenvalue weighted by atomic mass is 10.1. The van der Waals surface area contributed by atoms with E-state index in [9.17, 15) is 4.79 Å². The average molecular weight is 122 g/mol. The second-order valence-electron chi connectivity index (χ2n) is 2.46. The van der Waals surface area contributed by atoms with Crippen LogP contribution in [0.1, 0.15) is 20.8 Å². The maximum absolute atomic E-state index is 11.0. The van der Waals surface area contributed by atoms with Gasteiger partial charge in [-0.1, -0.05) is 6.08 Å². The summed E-state index contributed by atoms with van der Waals surface area (Å²) in [7, 11) is 0. The molecule has 0 aromatic rings. The highest BCUT2D eigenvalue weighted by Crippen LogP contribution is 2.19. The van der Waals surface area contributed by atoms with Gasteiger partial charge in [0.25, 0.3) is 0 Å². The molecule has 0 unspecified atom stereocenters. The summed E-state index contributed by atoms with van der Waals surface area (Å²) in [6.45, 7) is 5.68. The number of allylic oxidation sites excluding steroid dienone is 4. The lowest BCUT2D eigenvalue weighted by Crippen LogP contribution is -1.94. The van der Waals surface area contributed by atoms with E-state index in [1.54, 1.807) is 0 Å². The van der Waals surface area contributed by atoms with Crippen LogP contribution in [0.4, 0.5) is 0 Å². The van der Waals surface area contributed by atoms with Crippen LogP contribution in [0.15, 0.2) is 22.8 Å². The van der Waals surface area contributed by atoms with Crippen molar-refractivity contribution in [2.75, 3.05) is 0 Å². The van der Waals surface area contributed by atoms with E-state index in [-0.39, 0.29) is 5.78 Å². The summed E-state index contributed by atoms with van der Waals surface area (Å²) in [6, 6.07) is 0. The van der Waals surface area contributed by atoms with Crippen LogP contribution in [0.25, 0.3) is 0 Å². The Bertz CT molecular complexity index is 219. The molecule has 0 spiro atoms. The molecular weight excluding hydrogens is 112 g/mol. The molecule has 48 valence electrons. The van der Waals surface area contributed by atoms with Gasteiger partial charge in [0, 0.05) is 0 Å². The molecule has 0 amide bonds. The van der Waals surface area contributed by atoms with Gasteiger partial charge < -0.3 is 0 Å². The van der Waals surface area contributed by atoms with Crippen molar-refractivity contribution in [3.05, 3.63) is 22.8 Å². The normalized spacial score (nSPS) is 19.0. The molecular formula is C8H10O. The van der Waals surface area contributed by atoms with Gasteiger partial charge in [-0.3, -0.25) is 4.79 Å². The van der Waals surface area contributed by atoms with Gasteiger partial charge in [0.05, 0.1) is 0 Å². The minimum absolute atomic E-state index is 0.201. The second-order valence-corrected chi connectivity index (χ2v) is 2.46. The predicted octanol–water partition coefficient (Wildman–Crippen LogP) is 1.85. The molecule has 0 radical (unpaired) electrons. The minimum Gasteiger partial charge on any atom is -0.289 e. The summed E-state index contributed by atoms with van der Waals surface area (Å²) >= 11 is 0. The highest BCUT2D eigenvalue weighted by atomic mass is 16.1. The first-order valence-electron chi connectivity index (χ1n) is 3.03. The van der Waals surface area contributed by atoms with E-state index in [1.807, 2.05) is 26.8 Å². The summed E-state index contributed by atoms with van der Waals surface area (Å²) in [5, 5.41) is 0. The molecule has 1 aliphatic rings. The Hall–Kier alpha value is -0.850. The molecule has 0 saturated heterocycles. The van der Waals surface area contributed by atoms with Gasteiger partial charge in [0.15, 0.2) is 5.78 Å². The van der Waals surface area contributed by atoms with Crippen LogP contribution >= 0.6 is 0 Å². The molecule has 0 N–H and O–H groups in total. The van der Waals surface area contributed by atoms with Gasteiger partial charge in [-0.25, -0.2) is 0 Å². The molecule has 0 atom stereocenters. The van der Waals surface area contributed by atoms with Gasteiger partial charge >= 0.3 is 0 Å². The second kappa shape index (κ2) is 1.83. The van der Waals surface area contributed by atoms with Crippen molar-refractivity contribution in [1.29, 1.82) is 0 Å². The largest absolute Gasteiger partial charge is 0.289 e. The quantitative estimate of drug-likeness (QED) is 0.479. The third kappa shape index (κ3) is 0.826. The van der Waals surface area contributed by atoms with E-state index in [4.69, 9.17) is 0 Å². The number of hydrogen-bond acceptors (Lipinski definition) is 1. The van der Waals surface area contributed by atoms with Crippen LogP contribution in [0, 0.1) is 0 Å². The summed E-state index contributed by atoms with van der Waals surface area (Å²) in [4.78, 5) is 11.0.